The van der Waals surface area contributed by atoms with E-state index in [2.05, 4.69) is 10.4 Å². The fourth-order valence-corrected chi connectivity index (χ4v) is 2.20. The molecule has 5 heteroatoms. The number of nitrogens with zero attached hydrogens (tertiary/aromatic N) is 2. The molecule has 0 spiro atoms. The molecule has 1 heterocycles. The number of hydrogen-bond acceptors (Lipinski definition) is 2. The van der Waals surface area contributed by atoms with E-state index in [1.165, 1.54) is 12.1 Å². The van der Waals surface area contributed by atoms with Crippen molar-refractivity contribution in [3.63, 3.8) is 0 Å². The molecule has 0 aliphatic carbocycles. The van der Waals surface area contributed by atoms with Crippen molar-refractivity contribution in [3.8, 4) is 0 Å². The standard InChI is InChI=1S/C16H20FN3O/c1-3-15(13-5-7-14(17)8-6-13)19-16(21)12(2)11-20-10-4-9-18-20/h4-10,12,15H,3,11H2,1-2H3,(H,19,21)/t12-,15+/m1/s1. The lowest BCUT2D eigenvalue weighted by atomic mass is 10.0. The Morgan fingerprint density at radius 3 is 2.67 bits per heavy atom. The van der Waals surface area contributed by atoms with Crippen molar-refractivity contribution in [1.29, 1.82) is 0 Å². The van der Waals surface area contributed by atoms with Crippen LogP contribution in [0.15, 0.2) is 42.7 Å². The molecule has 0 saturated heterocycles. The highest BCUT2D eigenvalue weighted by molar-refractivity contribution is 5.78. The molecule has 112 valence electrons. The van der Waals surface area contributed by atoms with E-state index in [4.69, 9.17) is 0 Å². The first-order valence-corrected chi connectivity index (χ1v) is 7.13. The van der Waals surface area contributed by atoms with Gasteiger partial charge in [-0.3, -0.25) is 9.48 Å². The lowest BCUT2D eigenvalue weighted by Crippen LogP contribution is -2.34. The second-order valence-corrected chi connectivity index (χ2v) is 5.15. The van der Waals surface area contributed by atoms with Crippen LogP contribution in [0.5, 0.6) is 0 Å². The second-order valence-electron chi connectivity index (χ2n) is 5.15. The number of rotatable bonds is 6. The van der Waals surface area contributed by atoms with Crippen LogP contribution in [0.3, 0.4) is 0 Å². The van der Waals surface area contributed by atoms with E-state index in [0.29, 0.717) is 6.54 Å². The van der Waals surface area contributed by atoms with Gasteiger partial charge in [-0.15, -0.1) is 0 Å². The lowest BCUT2D eigenvalue weighted by Gasteiger charge is -2.20. The summed E-state index contributed by atoms with van der Waals surface area (Å²) < 4.78 is 14.7. The van der Waals surface area contributed by atoms with Gasteiger partial charge in [0.1, 0.15) is 5.82 Å². The van der Waals surface area contributed by atoms with Gasteiger partial charge in [0.2, 0.25) is 5.91 Å². The number of carbonyl (C=O) groups excluding carboxylic acids is 1. The maximum atomic E-state index is 13.0. The van der Waals surface area contributed by atoms with Gasteiger partial charge in [0.25, 0.3) is 0 Å². The van der Waals surface area contributed by atoms with Crippen molar-refractivity contribution in [2.75, 3.05) is 0 Å². The van der Waals surface area contributed by atoms with E-state index in [1.54, 1.807) is 23.0 Å². The predicted octanol–water partition coefficient (Wildman–Crippen LogP) is 2.93. The largest absolute Gasteiger partial charge is 0.349 e. The normalized spacial score (nSPS) is 13.7. The van der Waals surface area contributed by atoms with E-state index in [-0.39, 0.29) is 23.7 Å². The summed E-state index contributed by atoms with van der Waals surface area (Å²) >= 11 is 0. The molecule has 4 nitrogen and oxygen atoms in total. The highest BCUT2D eigenvalue weighted by atomic mass is 19.1. The predicted molar refractivity (Wildman–Crippen MR) is 79.0 cm³/mol. The Morgan fingerprint density at radius 1 is 1.38 bits per heavy atom. The van der Waals surface area contributed by atoms with Crippen LogP contribution >= 0.6 is 0 Å². The van der Waals surface area contributed by atoms with Crippen LogP contribution in [0, 0.1) is 11.7 Å². The van der Waals surface area contributed by atoms with Crippen molar-refractivity contribution in [1.82, 2.24) is 15.1 Å². The van der Waals surface area contributed by atoms with E-state index in [1.807, 2.05) is 26.1 Å². The Morgan fingerprint density at radius 2 is 2.10 bits per heavy atom. The Kier molecular flexibility index (Phi) is 5.09. The van der Waals surface area contributed by atoms with Crippen molar-refractivity contribution >= 4 is 5.91 Å². The monoisotopic (exact) mass is 289 g/mol. The van der Waals surface area contributed by atoms with Gasteiger partial charge >= 0.3 is 0 Å². The van der Waals surface area contributed by atoms with E-state index >= 15 is 0 Å². The van der Waals surface area contributed by atoms with Crippen LogP contribution in [0.1, 0.15) is 31.9 Å². The van der Waals surface area contributed by atoms with Gasteiger partial charge in [-0.05, 0) is 30.2 Å². The zero-order chi connectivity index (χ0) is 15.2. The molecule has 2 aromatic rings. The molecule has 0 unspecified atom stereocenters. The maximum Gasteiger partial charge on any atom is 0.225 e. The summed E-state index contributed by atoms with van der Waals surface area (Å²) in [4.78, 5) is 12.3. The average Bonchev–Trinajstić information content (AvgIpc) is 2.98. The Labute approximate surface area is 124 Å². The summed E-state index contributed by atoms with van der Waals surface area (Å²) in [5.41, 5.74) is 0.915. The zero-order valence-electron chi connectivity index (χ0n) is 12.3. The SMILES string of the molecule is CC[C@H](NC(=O)[C@H](C)Cn1cccn1)c1ccc(F)cc1. The van der Waals surface area contributed by atoms with Crippen molar-refractivity contribution in [2.24, 2.45) is 5.92 Å². The number of carbonyl (C=O) groups is 1. The number of benzene rings is 1. The van der Waals surface area contributed by atoms with Gasteiger partial charge in [0.15, 0.2) is 0 Å². The Hall–Kier alpha value is -2.17. The van der Waals surface area contributed by atoms with E-state index < -0.39 is 0 Å². The third-order valence-electron chi connectivity index (χ3n) is 3.46. The van der Waals surface area contributed by atoms with Crippen LogP contribution in [-0.4, -0.2) is 15.7 Å². The molecule has 1 aromatic carbocycles. The molecule has 0 saturated carbocycles. The number of hydrogen-bond donors (Lipinski definition) is 1. The highest BCUT2D eigenvalue weighted by Crippen LogP contribution is 2.17. The van der Waals surface area contributed by atoms with E-state index in [0.717, 1.165) is 12.0 Å². The molecule has 0 aliphatic rings. The number of amides is 1. The third kappa shape index (κ3) is 4.15. The minimum Gasteiger partial charge on any atom is -0.349 e. The van der Waals surface area contributed by atoms with E-state index in [9.17, 15) is 9.18 Å². The molecule has 0 bridgehead atoms. The summed E-state index contributed by atoms with van der Waals surface area (Å²) in [6, 6.07) is 7.98. The summed E-state index contributed by atoms with van der Waals surface area (Å²) in [5, 5.41) is 7.11. The molecule has 0 aliphatic heterocycles. The van der Waals surface area contributed by atoms with Crippen molar-refractivity contribution in [3.05, 3.63) is 54.1 Å². The van der Waals surface area contributed by atoms with Gasteiger partial charge < -0.3 is 5.32 Å². The van der Waals surface area contributed by atoms with Gasteiger partial charge in [-0.1, -0.05) is 26.0 Å². The minimum absolute atomic E-state index is 0.0262. The fourth-order valence-electron chi connectivity index (χ4n) is 2.20. The van der Waals surface area contributed by atoms with Gasteiger partial charge in [-0.2, -0.15) is 5.10 Å². The molecule has 0 fully saturated rings. The molecular formula is C16H20FN3O. The molecule has 2 rings (SSSR count). The summed E-state index contributed by atoms with van der Waals surface area (Å²) in [6.45, 7) is 4.40. The van der Waals surface area contributed by atoms with Crippen LogP contribution < -0.4 is 5.32 Å². The van der Waals surface area contributed by atoms with Crippen LogP contribution in [-0.2, 0) is 11.3 Å². The molecule has 0 radical (unpaired) electrons. The molecule has 21 heavy (non-hydrogen) atoms. The summed E-state index contributed by atoms with van der Waals surface area (Å²) in [6.07, 6.45) is 4.28. The number of aromatic nitrogens is 2. The lowest BCUT2D eigenvalue weighted by molar-refractivity contribution is -0.125. The van der Waals surface area contributed by atoms with Gasteiger partial charge in [0.05, 0.1) is 18.5 Å². The molecular weight excluding hydrogens is 269 g/mol. The zero-order valence-corrected chi connectivity index (χ0v) is 12.3. The first-order chi connectivity index (χ1) is 10.1. The average molecular weight is 289 g/mol. The molecule has 2 atom stereocenters. The van der Waals surface area contributed by atoms with Crippen LogP contribution in [0.4, 0.5) is 4.39 Å². The third-order valence-corrected chi connectivity index (χ3v) is 3.46. The minimum atomic E-state index is -0.271. The number of nitrogens with one attached hydrogen (secondary N) is 1. The first-order valence-electron chi connectivity index (χ1n) is 7.13. The Bertz CT molecular complexity index is 566. The maximum absolute atomic E-state index is 13.0. The second kappa shape index (κ2) is 7.02. The molecule has 1 aromatic heterocycles. The van der Waals surface area contributed by atoms with Crippen molar-refractivity contribution < 1.29 is 9.18 Å². The quantitative estimate of drug-likeness (QED) is 0.888. The van der Waals surface area contributed by atoms with Crippen molar-refractivity contribution in [2.45, 2.75) is 32.9 Å². The summed E-state index contributed by atoms with van der Waals surface area (Å²) in [5.74, 6) is -0.479. The van der Waals surface area contributed by atoms with Crippen LogP contribution in [0.25, 0.3) is 0 Å². The molecule has 1 N–H and O–H groups in total. The fraction of sp³-hybridized carbons (Fsp3) is 0.375. The van der Waals surface area contributed by atoms with Gasteiger partial charge in [-0.25, -0.2) is 4.39 Å². The summed E-state index contributed by atoms with van der Waals surface area (Å²) in [7, 11) is 0. The Balaban J connectivity index is 1.97. The van der Waals surface area contributed by atoms with Crippen LogP contribution in [0.2, 0.25) is 0 Å². The van der Waals surface area contributed by atoms with Gasteiger partial charge in [0, 0.05) is 12.4 Å². The smallest absolute Gasteiger partial charge is 0.225 e. The highest BCUT2D eigenvalue weighted by Gasteiger charge is 2.18. The number of halogens is 1. The molecule has 1 amide bonds. The topological polar surface area (TPSA) is 46.9 Å². The first kappa shape index (κ1) is 15.2.